The van der Waals surface area contributed by atoms with Crippen LogP contribution in [0.15, 0.2) is 52.4 Å². The molecule has 1 aliphatic rings. The number of rotatable bonds is 7. The fourth-order valence-electron chi connectivity index (χ4n) is 3.09. The largest absolute Gasteiger partial charge is 0.325 e. The van der Waals surface area contributed by atoms with Crippen molar-refractivity contribution in [2.24, 2.45) is 0 Å². The topological polar surface area (TPSA) is 76.9 Å². The molecule has 0 aliphatic heterocycles. The predicted octanol–water partition coefficient (Wildman–Crippen LogP) is 4.76. The van der Waals surface area contributed by atoms with Gasteiger partial charge in [0.1, 0.15) is 6.29 Å². The molecule has 1 amide bonds. The SMILES string of the molecule is Cc1cc(C=O)ccc1NC(=O)CSc1nnc(Br)n1-c1ccc(C2CC2)cc1. The summed E-state index contributed by atoms with van der Waals surface area (Å²) in [4.78, 5) is 23.3. The molecular weight excluding hydrogens is 452 g/mol. The molecule has 0 atom stereocenters. The van der Waals surface area contributed by atoms with Crippen molar-refractivity contribution in [3.8, 4) is 5.69 Å². The lowest BCUT2D eigenvalue weighted by Crippen LogP contribution is -2.15. The lowest BCUT2D eigenvalue weighted by atomic mass is 10.1. The van der Waals surface area contributed by atoms with Crippen LogP contribution in [0.3, 0.4) is 0 Å². The van der Waals surface area contributed by atoms with E-state index in [9.17, 15) is 9.59 Å². The van der Waals surface area contributed by atoms with E-state index in [0.717, 1.165) is 17.5 Å². The van der Waals surface area contributed by atoms with Crippen LogP contribution < -0.4 is 5.32 Å². The molecule has 29 heavy (non-hydrogen) atoms. The smallest absolute Gasteiger partial charge is 0.234 e. The van der Waals surface area contributed by atoms with Gasteiger partial charge in [-0.05, 0) is 83.1 Å². The van der Waals surface area contributed by atoms with Crippen molar-refractivity contribution in [2.45, 2.75) is 30.8 Å². The Hall–Kier alpha value is -2.45. The van der Waals surface area contributed by atoms with E-state index in [-0.39, 0.29) is 11.7 Å². The fraction of sp³-hybridized carbons (Fsp3) is 0.238. The van der Waals surface area contributed by atoms with Crippen LogP contribution in [0, 0.1) is 6.92 Å². The Morgan fingerprint density at radius 1 is 1.24 bits per heavy atom. The van der Waals surface area contributed by atoms with Crippen molar-refractivity contribution in [3.05, 3.63) is 63.9 Å². The van der Waals surface area contributed by atoms with Crippen molar-refractivity contribution in [1.29, 1.82) is 0 Å². The van der Waals surface area contributed by atoms with Gasteiger partial charge in [-0.15, -0.1) is 10.2 Å². The molecule has 1 heterocycles. The number of benzene rings is 2. The first kappa shape index (κ1) is 19.8. The molecule has 1 N–H and O–H groups in total. The Morgan fingerprint density at radius 3 is 2.66 bits per heavy atom. The third kappa shape index (κ3) is 4.59. The molecule has 1 fully saturated rings. The number of amides is 1. The Labute approximate surface area is 181 Å². The van der Waals surface area contributed by atoms with Gasteiger partial charge in [0.05, 0.1) is 11.4 Å². The van der Waals surface area contributed by atoms with E-state index >= 15 is 0 Å². The van der Waals surface area contributed by atoms with Gasteiger partial charge in [0.15, 0.2) is 5.16 Å². The molecule has 148 valence electrons. The molecule has 0 saturated heterocycles. The lowest BCUT2D eigenvalue weighted by molar-refractivity contribution is -0.113. The Bertz CT molecular complexity index is 1060. The number of carbonyl (C=O) groups is 2. The number of anilines is 1. The highest BCUT2D eigenvalue weighted by Crippen LogP contribution is 2.40. The van der Waals surface area contributed by atoms with Crippen molar-refractivity contribution in [3.63, 3.8) is 0 Å². The predicted molar refractivity (Wildman–Crippen MR) is 117 cm³/mol. The highest BCUT2D eigenvalue weighted by atomic mass is 79.9. The number of carbonyl (C=O) groups excluding carboxylic acids is 2. The number of nitrogens with zero attached hydrogens (tertiary/aromatic N) is 3. The van der Waals surface area contributed by atoms with E-state index in [1.54, 1.807) is 18.2 Å². The van der Waals surface area contributed by atoms with E-state index in [0.29, 0.717) is 27.1 Å². The Balaban J connectivity index is 1.43. The maximum absolute atomic E-state index is 12.4. The first-order valence-electron chi connectivity index (χ1n) is 9.25. The second kappa shape index (κ2) is 8.51. The Kier molecular flexibility index (Phi) is 5.82. The summed E-state index contributed by atoms with van der Waals surface area (Å²) in [6.45, 7) is 1.86. The number of aldehydes is 1. The minimum atomic E-state index is -0.147. The quantitative estimate of drug-likeness (QED) is 0.397. The van der Waals surface area contributed by atoms with Crippen LogP contribution in [0.2, 0.25) is 0 Å². The molecule has 8 heteroatoms. The molecule has 2 aromatic carbocycles. The number of nitrogens with one attached hydrogen (secondary N) is 1. The monoisotopic (exact) mass is 470 g/mol. The minimum absolute atomic E-state index is 0.147. The molecule has 1 saturated carbocycles. The molecule has 0 bridgehead atoms. The summed E-state index contributed by atoms with van der Waals surface area (Å²) in [7, 11) is 0. The molecule has 0 unspecified atom stereocenters. The number of thioether (sulfide) groups is 1. The van der Waals surface area contributed by atoms with Crippen LogP contribution >= 0.6 is 27.7 Å². The van der Waals surface area contributed by atoms with Crippen molar-refractivity contribution < 1.29 is 9.59 Å². The minimum Gasteiger partial charge on any atom is -0.325 e. The van der Waals surface area contributed by atoms with Crippen molar-refractivity contribution in [1.82, 2.24) is 14.8 Å². The molecule has 0 radical (unpaired) electrons. The highest BCUT2D eigenvalue weighted by molar-refractivity contribution is 9.10. The summed E-state index contributed by atoms with van der Waals surface area (Å²) < 4.78 is 2.48. The van der Waals surface area contributed by atoms with Crippen LogP contribution in [-0.4, -0.2) is 32.7 Å². The average molecular weight is 471 g/mol. The van der Waals surface area contributed by atoms with Gasteiger partial charge in [-0.1, -0.05) is 23.9 Å². The van der Waals surface area contributed by atoms with Gasteiger partial charge in [-0.3, -0.25) is 14.2 Å². The number of hydrogen-bond acceptors (Lipinski definition) is 5. The van der Waals surface area contributed by atoms with Crippen LogP contribution in [0.5, 0.6) is 0 Å². The first-order valence-corrected chi connectivity index (χ1v) is 11.0. The zero-order valence-corrected chi connectivity index (χ0v) is 18.2. The number of hydrogen-bond donors (Lipinski definition) is 1. The van der Waals surface area contributed by atoms with Crippen LogP contribution in [0.4, 0.5) is 5.69 Å². The molecule has 6 nitrogen and oxygen atoms in total. The molecule has 3 aromatic rings. The third-order valence-corrected chi connectivity index (χ3v) is 6.23. The van der Waals surface area contributed by atoms with E-state index in [1.165, 1.54) is 30.2 Å². The lowest BCUT2D eigenvalue weighted by Gasteiger charge is -2.10. The maximum atomic E-state index is 12.4. The second-order valence-electron chi connectivity index (χ2n) is 6.98. The zero-order chi connectivity index (χ0) is 20.4. The standard InChI is InChI=1S/C21H19BrN4O2S/c1-13-10-14(11-27)2-9-18(13)23-19(28)12-29-21-25-24-20(22)26(21)17-7-5-16(6-8-17)15-3-4-15/h2,5-11,15H,3-4,12H2,1H3,(H,23,28). The summed E-state index contributed by atoms with van der Waals surface area (Å²) >= 11 is 4.76. The van der Waals surface area contributed by atoms with Gasteiger partial charge in [-0.25, -0.2) is 0 Å². The molecule has 0 spiro atoms. The zero-order valence-electron chi connectivity index (χ0n) is 15.8. The van der Waals surface area contributed by atoms with E-state index < -0.39 is 0 Å². The van der Waals surface area contributed by atoms with Gasteiger partial charge in [-0.2, -0.15) is 0 Å². The third-order valence-electron chi connectivity index (χ3n) is 4.79. The summed E-state index contributed by atoms with van der Waals surface area (Å²) in [5.41, 5.74) is 4.44. The van der Waals surface area contributed by atoms with E-state index in [2.05, 4.69) is 55.7 Å². The van der Waals surface area contributed by atoms with Crippen LogP contribution in [-0.2, 0) is 4.79 Å². The fourth-order valence-corrected chi connectivity index (χ4v) is 4.41. The normalized spacial score (nSPS) is 13.3. The molecule has 4 rings (SSSR count). The summed E-state index contributed by atoms with van der Waals surface area (Å²) in [5, 5.41) is 11.8. The average Bonchev–Trinajstić information content (AvgIpc) is 3.51. The van der Waals surface area contributed by atoms with Crippen molar-refractivity contribution >= 4 is 45.6 Å². The second-order valence-corrected chi connectivity index (χ2v) is 8.63. The van der Waals surface area contributed by atoms with Gasteiger partial charge in [0.2, 0.25) is 10.6 Å². The number of halogens is 1. The van der Waals surface area contributed by atoms with Gasteiger partial charge in [0, 0.05) is 11.3 Å². The summed E-state index contributed by atoms with van der Waals surface area (Å²) in [5.74, 6) is 0.752. The van der Waals surface area contributed by atoms with E-state index in [4.69, 9.17) is 0 Å². The number of aryl methyl sites for hydroxylation is 1. The molecule has 1 aromatic heterocycles. The summed E-state index contributed by atoms with van der Waals surface area (Å²) in [6.07, 6.45) is 3.32. The Morgan fingerprint density at radius 2 is 2.00 bits per heavy atom. The number of aromatic nitrogens is 3. The van der Waals surface area contributed by atoms with Crippen LogP contribution in [0.1, 0.15) is 40.2 Å². The van der Waals surface area contributed by atoms with Crippen molar-refractivity contribution in [2.75, 3.05) is 11.1 Å². The van der Waals surface area contributed by atoms with Gasteiger partial charge >= 0.3 is 0 Å². The van der Waals surface area contributed by atoms with Gasteiger partial charge < -0.3 is 5.32 Å². The first-order chi connectivity index (χ1) is 14.0. The molecular formula is C21H19BrN4O2S. The maximum Gasteiger partial charge on any atom is 0.234 e. The van der Waals surface area contributed by atoms with Crippen LogP contribution in [0.25, 0.3) is 5.69 Å². The van der Waals surface area contributed by atoms with Gasteiger partial charge in [0.25, 0.3) is 0 Å². The molecule has 1 aliphatic carbocycles. The summed E-state index contributed by atoms with van der Waals surface area (Å²) in [6, 6.07) is 13.6. The van der Waals surface area contributed by atoms with E-state index in [1.807, 2.05) is 11.5 Å². The highest BCUT2D eigenvalue weighted by Gasteiger charge is 2.23.